The van der Waals surface area contributed by atoms with Gasteiger partial charge in [-0.25, -0.2) is 8.42 Å². The number of halogens is 3. The van der Waals surface area contributed by atoms with Crippen molar-refractivity contribution in [2.75, 3.05) is 13.1 Å². The van der Waals surface area contributed by atoms with Crippen LogP contribution in [0.1, 0.15) is 37.5 Å². The van der Waals surface area contributed by atoms with Crippen molar-refractivity contribution >= 4 is 10.0 Å². The van der Waals surface area contributed by atoms with Gasteiger partial charge in [-0.2, -0.15) is 17.5 Å². The minimum atomic E-state index is -4.64. The Morgan fingerprint density at radius 1 is 1.15 bits per heavy atom. The normalized spacial score (nSPS) is 16.8. The molecule has 9 heteroatoms. The van der Waals surface area contributed by atoms with E-state index in [1.165, 1.54) is 10.4 Å². The van der Waals surface area contributed by atoms with E-state index in [2.05, 4.69) is 9.68 Å². The number of aryl methyl sites for hydroxylation is 1. The van der Waals surface area contributed by atoms with Crippen LogP contribution in [0.15, 0.2) is 33.7 Å². The molecule has 0 atom stereocenters. The van der Waals surface area contributed by atoms with Crippen molar-refractivity contribution in [2.24, 2.45) is 0 Å². The van der Waals surface area contributed by atoms with Gasteiger partial charge < -0.3 is 4.52 Å². The fourth-order valence-electron chi connectivity index (χ4n) is 3.04. The zero-order valence-corrected chi connectivity index (χ0v) is 15.0. The Labute approximate surface area is 149 Å². The van der Waals surface area contributed by atoms with Crippen LogP contribution in [-0.4, -0.2) is 31.0 Å². The summed E-state index contributed by atoms with van der Waals surface area (Å²) < 4.78 is 70.0. The second kappa shape index (κ2) is 7.03. The van der Waals surface area contributed by atoms with Gasteiger partial charge in [-0.05, 0) is 30.9 Å². The van der Waals surface area contributed by atoms with Crippen LogP contribution < -0.4 is 0 Å². The van der Waals surface area contributed by atoms with Crippen LogP contribution in [0, 0.1) is 0 Å². The zero-order chi connectivity index (χ0) is 18.9. The summed E-state index contributed by atoms with van der Waals surface area (Å²) in [5.41, 5.74) is 0.853. The molecular formula is C17H19F3N2O3S. The number of aromatic nitrogens is 1. The first-order valence-electron chi connectivity index (χ1n) is 8.41. The number of sulfonamides is 1. The maximum atomic E-state index is 13.0. The lowest BCUT2D eigenvalue weighted by Gasteiger charge is -2.27. The van der Waals surface area contributed by atoms with Gasteiger partial charge in [0.05, 0.1) is 4.90 Å². The monoisotopic (exact) mass is 388 g/mol. The average Bonchev–Trinajstić information content (AvgIpc) is 3.12. The molecule has 0 amide bonds. The molecule has 0 bridgehead atoms. The van der Waals surface area contributed by atoms with Crippen LogP contribution in [0.5, 0.6) is 0 Å². The Kier molecular flexibility index (Phi) is 5.12. The molecular weight excluding hydrogens is 369 g/mol. The van der Waals surface area contributed by atoms with Gasteiger partial charge in [0.25, 0.3) is 0 Å². The summed E-state index contributed by atoms with van der Waals surface area (Å²) in [5, 5.41) is 3.44. The number of piperidine rings is 1. The first-order valence-corrected chi connectivity index (χ1v) is 9.85. The molecule has 1 fully saturated rings. The van der Waals surface area contributed by atoms with E-state index in [9.17, 15) is 21.6 Å². The van der Waals surface area contributed by atoms with E-state index in [1.54, 1.807) is 12.1 Å². The van der Waals surface area contributed by atoms with E-state index in [-0.39, 0.29) is 16.2 Å². The molecule has 3 rings (SSSR count). The molecule has 1 aliphatic rings. The number of hydrogen-bond donors (Lipinski definition) is 0. The van der Waals surface area contributed by atoms with Gasteiger partial charge >= 0.3 is 6.18 Å². The lowest BCUT2D eigenvalue weighted by molar-refractivity contribution is -0.155. The number of benzene rings is 1. The highest BCUT2D eigenvalue weighted by Crippen LogP contribution is 2.34. The summed E-state index contributed by atoms with van der Waals surface area (Å²) in [7, 11) is -3.70. The van der Waals surface area contributed by atoms with Gasteiger partial charge in [0.15, 0.2) is 0 Å². The number of alkyl halides is 3. The Hall–Kier alpha value is -1.87. The van der Waals surface area contributed by atoms with E-state index >= 15 is 0 Å². The van der Waals surface area contributed by atoms with E-state index in [0.29, 0.717) is 25.1 Å². The van der Waals surface area contributed by atoms with Crippen LogP contribution in [0.3, 0.4) is 0 Å². The topological polar surface area (TPSA) is 63.4 Å². The SMILES string of the molecule is CCc1ccc(-c2cc(C(F)(F)F)on2)cc1S(=O)(=O)N1CCCCC1. The predicted octanol–water partition coefficient (Wildman–Crippen LogP) is 4.10. The van der Waals surface area contributed by atoms with Crippen molar-refractivity contribution in [1.82, 2.24) is 9.46 Å². The standard InChI is InChI=1S/C17H19F3N2O3S/c1-2-12-6-7-13(14-11-16(25-21-14)17(18,19)20)10-15(12)26(23,24)22-8-4-3-5-9-22/h6-7,10-11H,2-5,8-9H2,1H3. The number of rotatable bonds is 4. The molecule has 0 radical (unpaired) electrons. The van der Waals surface area contributed by atoms with Crippen molar-refractivity contribution < 1.29 is 26.1 Å². The lowest BCUT2D eigenvalue weighted by Crippen LogP contribution is -2.36. The largest absolute Gasteiger partial charge is 0.452 e. The molecule has 2 heterocycles. The zero-order valence-electron chi connectivity index (χ0n) is 14.2. The highest BCUT2D eigenvalue weighted by molar-refractivity contribution is 7.89. The lowest BCUT2D eigenvalue weighted by atomic mass is 10.1. The summed E-state index contributed by atoms with van der Waals surface area (Å²) in [4.78, 5) is 0.121. The van der Waals surface area contributed by atoms with Gasteiger partial charge in [-0.3, -0.25) is 0 Å². The van der Waals surface area contributed by atoms with Crippen LogP contribution >= 0.6 is 0 Å². The van der Waals surface area contributed by atoms with E-state index in [1.807, 2.05) is 6.92 Å². The third-order valence-corrected chi connectivity index (χ3v) is 6.45. The first kappa shape index (κ1) is 18.9. The third-order valence-electron chi connectivity index (χ3n) is 4.47. The predicted molar refractivity (Wildman–Crippen MR) is 88.9 cm³/mol. The molecule has 1 aromatic carbocycles. The van der Waals surface area contributed by atoms with Crippen molar-refractivity contribution in [1.29, 1.82) is 0 Å². The second-order valence-corrected chi connectivity index (χ2v) is 8.12. The van der Waals surface area contributed by atoms with Gasteiger partial charge in [-0.15, -0.1) is 0 Å². The van der Waals surface area contributed by atoms with Crippen LogP contribution in [0.4, 0.5) is 13.2 Å². The fraction of sp³-hybridized carbons (Fsp3) is 0.471. The summed E-state index contributed by atoms with van der Waals surface area (Å²) >= 11 is 0. The van der Waals surface area contributed by atoms with Crippen molar-refractivity contribution in [2.45, 2.75) is 43.7 Å². The summed E-state index contributed by atoms with van der Waals surface area (Å²) in [6, 6.07) is 5.35. The molecule has 26 heavy (non-hydrogen) atoms. The molecule has 2 aromatic rings. The van der Waals surface area contributed by atoms with Gasteiger partial charge in [0.2, 0.25) is 15.8 Å². The second-order valence-electron chi connectivity index (χ2n) is 6.21. The number of nitrogens with zero attached hydrogens (tertiary/aromatic N) is 2. The Bertz CT molecular complexity index is 885. The van der Waals surface area contributed by atoms with E-state index in [4.69, 9.17) is 0 Å². The molecule has 1 saturated heterocycles. The maximum Gasteiger partial charge on any atom is 0.452 e. The molecule has 0 aliphatic carbocycles. The Morgan fingerprint density at radius 2 is 1.85 bits per heavy atom. The van der Waals surface area contributed by atoms with E-state index in [0.717, 1.165) is 25.3 Å². The average molecular weight is 388 g/mol. The maximum absolute atomic E-state index is 13.0. The molecule has 5 nitrogen and oxygen atoms in total. The van der Waals surface area contributed by atoms with Crippen molar-refractivity contribution in [3.8, 4) is 11.3 Å². The summed E-state index contributed by atoms with van der Waals surface area (Å²) in [6.45, 7) is 2.75. The van der Waals surface area contributed by atoms with Gasteiger partial charge in [-0.1, -0.05) is 30.6 Å². The third kappa shape index (κ3) is 3.64. The van der Waals surface area contributed by atoms with Crippen molar-refractivity contribution in [3.05, 3.63) is 35.6 Å². The van der Waals surface area contributed by atoms with Crippen LogP contribution in [-0.2, 0) is 22.6 Å². The quantitative estimate of drug-likeness (QED) is 0.791. The Morgan fingerprint density at radius 3 is 2.42 bits per heavy atom. The molecule has 0 unspecified atom stereocenters. The fourth-order valence-corrected chi connectivity index (χ4v) is 4.87. The summed E-state index contributed by atoms with van der Waals surface area (Å²) in [6.07, 6.45) is -1.55. The van der Waals surface area contributed by atoms with Gasteiger partial charge in [0, 0.05) is 24.7 Å². The van der Waals surface area contributed by atoms with Gasteiger partial charge in [0.1, 0.15) is 5.69 Å². The van der Waals surface area contributed by atoms with Crippen LogP contribution in [0.25, 0.3) is 11.3 Å². The molecule has 0 saturated carbocycles. The smallest absolute Gasteiger partial charge is 0.351 e. The molecule has 1 aromatic heterocycles. The molecule has 1 aliphatic heterocycles. The minimum Gasteiger partial charge on any atom is -0.351 e. The van der Waals surface area contributed by atoms with Crippen molar-refractivity contribution in [3.63, 3.8) is 0 Å². The minimum absolute atomic E-state index is 0.0462. The van der Waals surface area contributed by atoms with E-state index < -0.39 is 22.0 Å². The molecule has 142 valence electrons. The highest BCUT2D eigenvalue weighted by Gasteiger charge is 2.36. The molecule has 0 spiro atoms. The first-order chi connectivity index (χ1) is 12.2. The van der Waals surface area contributed by atoms with Crippen LogP contribution in [0.2, 0.25) is 0 Å². The molecule has 0 N–H and O–H groups in total. The Balaban J connectivity index is 2.03. The number of hydrogen-bond acceptors (Lipinski definition) is 4. The summed E-state index contributed by atoms with van der Waals surface area (Å²) in [5.74, 6) is -1.22. The highest BCUT2D eigenvalue weighted by atomic mass is 32.2.